The third-order valence-corrected chi connectivity index (χ3v) is 3.70. The fourth-order valence-electron chi connectivity index (χ4n) is 2.38. The zero-order valence-corrected chi connectivity index (χ0v) is 10.3. The van der Waals surface area contributed by atoms with Crippen LogP contribution in [0.3, 0.4) is 0 Å². The molecule has 5 heteroatoms. The van der Waals surface area contributed by atoms with Crippen molar-refractivity contribution in [2.45, 2.75) is 46.1 Å². The first-order valence-corrected chi connectivity index (χ1v) is 6.82. The first kappa shape index (κ1) is 12.9. The lowest BCUT2D eigenvalue weighted by atomic mass is 9.75. The molecule has 1 aliphatic carbocycles. The van der Waals surface area contributed by atoms with Crippen molar-refractivity contribution in [1.29, 1.82) is 0 Å². The standard InChI is InChI=1S/C10H20O4S/c1-7(2)9-5-4-8(3)6-10(9)14-15(11,12)13/h7-10H,4-6H2,1-3H3,(H,11,12,13)/t8-,9+,10-/m0/s1. The Bertz CT molecular complexity index is 297. The normalized spacial score (nSPS) is 33.3. The van der Waals surface area contributed by atoms with Gasteiger partial charge in [-0.25, -0.2) is 4.18 Å². The Morgan fingerprint density at radius 3 is 2.40 bits per heavy atom. The maximum Gasteiger partial charge on any atom is 0.397 e. The van der Waals surface area contributed by atoms with Crippen LogP contribution in [0.1, 0.15) is 40.0 Å². The molecule has 1 rings (SSSR count). The van der Waals surface area contributed by atoms with E-state index in [-0.39, 0.29) is 12.0 Å². The fourth-order valence-corrected chi connectivity index (χ4v) is 2.92. The monoisotopic (exact) mass is 236 g/mol. The van der Waals surface area contributed by atoms with Gasteiger partial charge in [-0.2, -0.15) is 8.42 Å². The first-order valence-electron chi connectivity index (χ1n) is 5.45. The van der Waals surface area contributed by atoms with Crippen LogP contribution in [0.15, 0.2) is 0 Å². The van der Waals surface area contributed by atoms with Crippen LogP contribution in [0, 0.1) is 17.8 Å². The molecule has 0 unspecified atom stereocenters. The van der Waals surface area contributed by atoms with Gasteiger partial charge in [0.1, 0.15) is 0 Å². The summed E-state index contributed by atoms with van der Waals surface area (Å²) < 4.78 is 34.9. The van der Waals surface area contributed by atoms with Crippen LogP contribution in [-0.2, 0) is 14.6 Å². The van der Waals surface area contributed by atoms with Crippen LogP contribution >= 0.6 is 0 Å². The number of hydrogen-bond donors (Lipinski definition) is 1. The molecule has 15 heavy (non-hydrogen) atoms. The van der Waals surface area contributed by atoms with Crippen LogP contribution in [0.2, 0.25) is 0 Å². The second-order valence-electron chi connectivity index (χ2n) is 4.89. The molecule has 0 aliphatic heterocycles. The van der Waals surface area contributed by atoms with Crippen molar-refractivity contribution in [2.75, 3.05) is 0 Å². The molecule has 0 bridgehead atoms. The highest BCUT2D eigenvalue weighted by Gasteiger charge is 2.34. The van der Waals surface area contributed by atoms with Gasteiger partial charge in [-0.1, -0.05) is 27.2 Å². The molecule has 0 saturated heterocycles. The molecule has 1 fully saturated rings. The zero-order valence-electron chi connectivity index (χ0n) is 9.51. The van der Waals surface area contributed by atoms with Crippen LogP contribution in [0.5, 0.6) is 0 Å². The second kappa shape index (κ2) is 4.80. The van der Waals surface area contributed by atoms with Gasteiger partial charge in [0.2, 0.25) is 0 Å². The Balaban J connectivity index is 2.70. The van der Waals surface area contributed by atoms with Gasteiger partial charge in [-0.3, -0.25) is 4.55 Å². The van der Waals surface area contributed by atoms with Gasteiger partial charge in [0, 0.05) is 0 Å². The van der Waals surface area contributed by atoms with E-state index >= 15 is 0 Å². The van der Waals surface area contributed by atoms with E-state index < -0.39 is 10.4 Å². The van der Waals surface area contributed by atoms with Gasteiger partial charge in [0.25, 0.3) is 0 Å². The van der Waals surface area contributed by atoms with E-state index in [1.807, 2.05) is 0 Å². The summed E-state index contributed by atoms with van der Waals surface area (Å²) in [5.41, 5.74) is 0. The topological polar surface area (TPSA) is 63.6 Å². The molecule has 0 spiro atoms. The maximum atomic E-state index is 10.7. The summed E-state index contributed by atoms with van der Waals surface area (Å²) in [7, 11) is -4.31. The second-order valence-corrected chi connectivity index (χ2v) is 5.94. The third-order valence-electron chi connectivity index (χ3n) is 3.21. The summed E-state index contributed by atoms with van der Waals surface area (Å²) in [4.78, 5) is 0. The van der Waals surface area contributed by atoms with Crippen LogP contribution in [0.4, 0.5) is 0 Å². The molecule has 3 atom stereocenters. The van der Waals surface area contributed by atoms with Crippen molar-refractivity contribution in [3.05, 3.63) is 0 Å². The predicted molar refractivity (Wildman–Crippen MR) is 57.8 cm³/mol. The lowest BCUT2D eigenvalue weighted by Gasteiger charge is -2.35. The molecule has 1 saturated carbocycles. The van der Waals surface area contributed by atoms with E-state index in [0.717, 1.165) is 12.8 Å². The summed E-state index contributed by atoms with van der Waals surface area (Å²) >= 11 is 0. The average Bonchev–Trinajstić information content (AvgIpc) is 1.99. The third kappa shape index (κ3) is 4.09. The molecule has 0 radical (unpaired) electrons. The minimum absolute atomic E-state index is 0.225. The Labute approximate surface area is 92.0 Å². The first-order chi connectivity index (χ1) is 6.79. The van der Waals surface area contributed by atoms with E-state index in [9.17, 15) is 8.42 Å². The van der Waals surface area contributed by atoms with E-state index in [4.69, 9.17) is 8.74 Å². The molecule has 0 aromatic carbocycles. The zero-order chi connectivity index (χ0) is 11.6. The largest absolute Gasteiger partial charge is 0.397 e. The van der Waals surface area contributed by atoms with Crippen molar-refractivity contribution in [2.24, 2.45) is 17.8 Å². The molecule has 90 valence electrons. The smallest absolute Gasteiger partial charge is 0.264 e. The van der Waals surface area contributed by atoms with E-state index in [1.165, 1.54) is 0 Å². The summed E-state index contributed by atoms with van der Waals surface area (Å²) in [6.45, 7) is 6.19. The number of rotatable bonds is 3. The van der Waals surface area contributed by atoms with Gasteiger partial charge in [-0.05, 0) is 30.6 Å². The fraction of sp³-hybridized carbons (Fsp3) is 1.00. The van der Waals surface area contributed by atoms with Crippen LogP contribution < -0.4 is 0 Å². The Morgan fingerprint density at radius 2 is 1.93 bits per heavy atom. The van der Waals surface area contributed by atoms with Crippen molar-refractivity contribution in [1.82, 2.24) is 0 Å². The maximum absolute atomic E-state index is 10.7. The Hall–Kier alpha value is -0.130. The predicted octanol–water partition coefficient (Wildman–Crippen LogP) is 2.27. The van der Waals surface area contributed by atoms with E-state index in [2.05, 4.69) is 20.8 Å². The molecule has 1 N–H and O–H groups in total. The molecular weight excluding hydrogens is 216 g/mol. The lowest BCUT2D eigenvalue weighted by molar-refractivity contribution is 0.0422. The van der Waals surface area contributed by atoms with Gasteiger partial charge < -0.3 is 0 Å². The van der Waals surface area contributed by atoms with Gasteiger partial charge in [0.05, 0.1) is 6.10 Å². The minimum atomic E-state index is -4.31. The Morgan fingerprint density at radius 1 is 1.33 bits per heavy atom. The van der Waals surface area contributed by atoms with Crippen molar-refractivity contribution in [3.63, 3.8) is 0 Å². The molecule has 4 nitrogen and oxygen atoms in total. The van der Waals surface area contributed by atoms with Crippen molar-refractivity contribution < 1.29 is 17.2 Å². The van der Waals surface area contributed by atoms with Crippen LogP contribution in [0.25, 0.3) is 0 Å². The van der Waals surface area contributed by atoms with Gasteiger partial charge in [0.15, 0.2) is 0 Å². The Kier molecular flexibility index (Phi) is 4.14. The number of hydrogen-bond acceptors (Lipinski definition) is 3. The van der Waals surface area contributed by atoms with Crippen LogP contribution in [-0.4, -0.2) is 19.1 Å². The molecular formula is C10H20O4S. The summed E-state index contributed by atoms with van der Waals surface area (Å²) in [5.74, 6) is 1.07. The van der Waals surface area contributed by atoms with Gasteiger partial charge >= 0.3 is 10.4 Å². The lowest BCUT2D eigenvalue weighted by Crippen LogP contribution is -2.35. The molecule has 0 heterocycles. The van der Waals surface area contributed by atoms with E-state index in [1.54, 1.807) is 0 Å². The molecule has 0 aromatic heterocycles. The van der Waals surface area contributed by atoms with Gasteiger partial charge in [-0.15, -0.1) is 0 Å². The highest BCUT2D eigenvalue weighted by molar-refractivity contribution is 7.80. The minimum Gasteiger partial charge on any atom is -0.264 e. The molecule has 0 amide bonds. The summed E-state index contributed by atoms with van der Waals surface area (Å²) in [6.07, 6.45) is 2.43. The van der Waals surface area contributed by atoms with Crippen molar-refractivity contribution in [3.8, 4) is 0 Å². The summed E-state index contributed by atoms with van der Waals surface area (Å²) in [6, 6.07) is 0. The highest BCUT2D eigenvalue weighted by atomic mass is 32.3. The average molecular weight is 236 g/mol. The highest BCUT2D eigenvalue weighted by Crippen LogP contribution is 2.35. The SMILES string of the molecule is CC(C)[C@H]1CC[C@H](C)C[C@@H]1OS(=O)(=O)O. The molecule has 1 aliphatic rings. The summed E-state index contributed by atoms with van der Waals surface area (Å²) in [5, 5.41) is 0. The van der Waals surface area contributed by atoms with E-state index in [0.29, 0.717) is 18.3 Å². The van der Waals surface area contributed by atoms with Crippen molar-refractivity contribution >= 4 is 10.4 Å². The quantitative estimate of drug-likeness (QED) is 0.763. The molecule has 0 aromatic rings.